The largest absolute Gasteiger partial charge is 0.391 e. The highest BCUT2D eigenvalue weighted by Crippen LogP contribution is 2.21. The van der Waals surface area contributed by atoms with Gasteiger partial charge in [0, 0.05) is 25.3 Å². The van der Waals surface area contributed by atoms with Gasteiger partial charge in [-0.1, -0.05) is 6.92 Å². The maximum Gasteiger partial charge on any atom is 0.240 e. The van der Waals surface area contributed by atoms with E-state index in [1.807, 2.05) is 6.92 Å². The van der Waals surface area contributed by atoms with Gasteiger partial charge in [0.05, 0.1) is 11.0 Å². The van der Waals surface area contributed by atoms with E-state index in [0.29, 0.717) is 13.1 Å². The summed E-state index contributed by atoms with van der Waals surface area (Å²) in [6.07, 6.45) is 2.27. The van der Waals surface area contributed by atoms with Gasteiger partial charge in [0.1, 0.15) is 0 Å². The quantitative estimate of drug-likeness (QED) is 0.860. The number of β-amino-alcohol motifs (C(OH)–C–C–N with tert-alkyl or cyclic N) is 1. The van der Waals surface area contributed by atoms with Crippen molar-refractivity contribution in [3.05, 3.63) is 24.3 Å². The van der Waals surface area contributed by atoms with Crippen LogP contribution in [0.25, 0.3) is 0 Å². The van der Waals surface area contributed by atoms with E-state index in [1.165, 1.54) is 0 Å². The number of anilines is 1. The number of nitrogens with zero attached hydrogens (tertiary/aromatic N) is 1. The van der Waals surface area contributed by atoms with Crippen molar-refractivity contribution < 1.29 is 13.5 Å². The van der Waals surface area contributed by atoms with Crippen molar-refractivity contribution in [2.24, 2.45) is 0 Å². The molecule has 2 rings (SSSR count). The molecule has 0 spiro atoms. The molecule has 0 bridgehead atoms. The van der Waals surface area contributed by atoms with Crippen molar-refractivity contribution in [3.8, 4) is 0 Å². The first kappa shape index (κ1) is 15.3. The SMILES string of the molecule is CCCNS(=O)(=O)c1ccc(N2CCCC(O)C2)cc1. The van der Waals surface area contributed by atoms with Crippen molar-refractivity contribution in [1.82, 2.24) is 4.72 Å². The fourth-order valence-corrected chi connectivity index (χ4v) is 3.48. The van der Waals surface area contributed by atoms with Gasteiger partial charge in [0.15, 0.2) is 0 Å². The van der Waals surface area contributed by atoms with Gasteiger partial charge >= 0.3 is 0 Å². The molecule has 20 heavy (non-hydrogen) atoms. The van der Waals surface area contributed by atoms with Crippen molar-refractivity contribution in [1.29, 1.82) is 0 Å². The van der Waals surface area contributed by atoms with E-state index in [1.54, 1.807) is 24.3 Å². The molecule has 1 unspecified atom stereocenters. The number of hydrogen-bond donors (Lipinski definition) is 2. The Morgan fingerprint density at radius 2 is 2.05 bits per heavy atom. The fourth-order valence-electron chi connectivity index (χ4n) is 2.35. The molecule has 0 aliphatic carbocycles. The van der Waals surface area contributed by atoms with Gasteiger partial charge in [0.25, 0.3) is 0 Å². The van der Waals surface area contributed by atoms with E-state index in [4.69, 9.17) is 0 Å². The van der Waals surface area contributed by atoms with Gasteiger partial charge in [-0.15, -0.1) is 0 Å². The lowest BCUT2D eigenvalue weighted by molar-refractivity contribution is 0.154. The number of benzene rings is 1. The molecule has 2 N–H and O–H groups in total. The van der Waals surface area contributed by atoms with Gasteiger partial charge in [-0.05, 0) is 43.5 Å². The van der Waals surface area contributed by atoms with E-state index in [9.17, 15) is 13.5 Å². The third kappa shape index (κ3) is 3.71. The van der Waals surface area contributed by atoms with E-state index in [-0.39, 0.29) is 11.0 Å². The molecule has 0 radical (unpaired) electrons. The predicted molar refractivity (Wildman–Crippen MR) is 79.4 cm³/mol. The minimum atomic E-state index is -3.40. The van der Waals surface area contributed by atoms with Crippen LogP contribution >= 0.6 is 0 Å². The smallest absolute Gasteiger partial charge is 0.240 e. The van der Waals surface area contributed by atoms with E-state index >= 15 is 0 Å². The molecule has 1 heterocycles. The second kappa shape index (κ2) is 6.56. The molecule has 0 saturated carbocycles. The van der Waals surface area contributed by atoms with Crippen molar-refractivity contribution >= 4 is 15.7 Å². The first-order valence-electron chi connectivity index (χ1n) is 7.05. The average molecular weight is 298 g/mol. The Morgan fingerprint density at radius 3 is 2.65 bits per heavy atom. The van der Waals surface area contributed by atoms with Crippen LogP contribution in [0.3, 0.4) is 0 Å². The Kier molecular flexibility index (Phi) is 5.01. The summed E-state index contributed by atoms with van der Waals surface area (Å²) >= 11 is 0. The molecule has 1 aromatic carbocycles. The Labute approximate surface area is 120 Å². The number of aliphatic hydroxyl groups excluding tert-OH is 1. The van der Waals surface area contributed by atoms with E-state index in [0.717, 1.165) is 31.5 Å². The van der Waals surface area contributed by atoms with Crippen molar-refractivity contribution in [3.63, 3.8) is 0 Å². The van der Waals surface area contributed by atoms with Crippen LogP contribution < -0.4 is 9.62 Å². The standard InChI is InChI=1S/C14H22N2O3S/c1-2-9-15-20(18,19)14-7-5-12(6-8-14)16-10-3-4-13(17)11-16/h5-8,13,15,17H,2-4,9-11H2,1H3. The molecular formula is C14H22N2O3S. The third-order valence-corrected chi connectivity index (χ3v) is 4.93. The summed E-state index contributed by atoms with van der Waals surface area (Å²) in [7, 11) is -3.40. The predicted octanol–water partition coefficient (Wildman–Crippen LogP) is 1.34. The molecule has 0 aromatic heterocycles. The normalized spacial score (nSPS) is 20.1. The van der Waals surface area contributed by atoms with Gasteiger partial charge in [-0.3, -0.25) is 0 Å². The van der Waals surface area contributed by atoms with Gasteiger partial charge < -0.3 is 10.0 Å². The van der Waals surface area contributed by atoms with Crippen LogP contribution in [0.5, 0.6) is 0 Å². The lowest BCUT2D eigenvalue weighted by Crippen LogP contribution is -2.38. The molecule has 0 amide bonds. The topological polar surface area (TPSA) is 69.6 Å². The lowest BCUT2D eigenvalue weighted by Gasteiger charge is -2.32. The highest BCUT2D eigenvalue weighted by molar-refractivity contribution is 7.89. The molecule has 6 heteroatoms. The van der Waals surface area contributed by atoms with Crippen LogP contribution in [-0.2, 0) is 10.0 Å². The summed E-state index contributed by atoms with van der Waals surface area (Å²) in [5.41, 5.74) is 0.957. The van der Waals surface area contributed by atoms with E-state index in [2.05, 4.69) is 9.62 Å². The number of sulfonamides is 1. The summed E-state index contributed by atoms with van der Waals surface area (Å²) in [6, 6.07) is 6.85. The monoisotopic (exact) mass is 298 g/mol. The molecule has 1 fully saturated rings. The second-order valence-corrected chi connectivity index (χ2v) is 6.90. The van der Waals surface area contributed by atoms with Crippen LogP contribution in [0.4, 0.5) is 5.69 Å². The van der Waals surface area contributed by atoms with Gasteiger partial charge in [-0.2, -0.15) is 0 Å². The maximum absolute atomic E-state index is 12.0. The molecule has 1 atom stereocenters. The highest BCUT2D eigenvalue weighted by Gasteiger charge is 2.19. The summed E-state index contributed by atoms with van der Waals surface area (Å²) in [5, 5.41) is 9.67. The van der Waals surface area contributed by atoms with Crippen molar-refractivity contribution in [2.45, 2.75) is 37.2 Å². The fraction of sp³-hybridized carbons (Fsp3) is 0.571. The number of nitrogens with one attached hydrogen (secondary N) is 1. The number of piperidine rings is 1. The average Bonchev–Trinajstić information content (AvgIpc) is 2.45. The van der Waals surface area contributed by atoms with Gasteiger partial charge in [-0.25, -0.2) is 13.1 Å². The lowest BCUT2D eigenvalue weighted by atomic mass is 10.1. The minimum absolute atomic E-state index is 0.284. The maximum atomic E-state index is 12.0. The Balaban J connectivity index is 2.10. The molecule has 1 aliphatic rings. The molecule has 5 nitrogen and oxygen atoms in total. The van der Waals surface area contributed by atoms with Gasteiger partial charge in [0.2, 0.25) is 10.0 Å². The first-order valence-corrected chi connectivity index (χ1v) is 8.54. The summed E-state index contributed by atoms with van der Waals surface area (Å²) in [4.78, 5) is 2.37. The van der Waals surface area contributed by atoms with Crippen LogP contribution in [-0.4, -0.2) is 39.3 Å². The zero-order valence-corrected chi connectivity index (χ0v) is 12.6. The highest BCUT2D eigenvalue weighted by atomic mass is 32.2. The zero-order chi connectivity index (χ0) is 14.6. The number of rotatable bonds is 5. The molecule has 112 valence electrons. The Hall–Kier alpha value is -1.11. The number of aliphatic hydroxyl groups is 1. The minimum Gasteiger partial charge on any atom is -0.391 e. The Morgan fingerprint density at radius 1 is 1.35 bits per heavy atom. The summed E-state index contributed by atoms with van der Waals surface area (Å²) < 4.78 is 26.5. The van der Waals surface area contributed by atoms with E-state index < -0.39 is 10.0 Å². The molecular weight excluding hydrogens is 276 g/mol. The Bertz CT molecular complexity index is 528. The molecule has 1 aromatic rings. The van der Waals surface area contributed by atoms with Crippen LogP contribution in [0.15, 0.2) is 29.2 Å². The molecule has 1 saturated heterocycles. The summed E-state index contributed by atoms with van der Waals surface area (Å²) in [5.74, 6) is 0. The molecule has 1 aliphatic heterocycles. The number of hydrogen-bond acceptors (Lipinski definition) is 4. The van der Waals surface area contributed by atoms with Crippen LogP contribution in [0.2, 0.25) is 0 Å². The van der Waals surface area contributed by atoms with Crippen LogP contribution in [0, 0.1) is 0 Å². The summed E-state index contributed by atoms with van der Waals surface area (Å²) in [6.45, 7) is 3.88. The third-order valence-electron chi connectivity index (χ3n) is 3.45. The first-order chi connectivity index (χ1) is 9.53. The van der Waals surface area contributed by atoms with Crippen LogP contribution in [0.1, 0.15) is 26.2 Å². The second-order valence-electron chi connectivity index (χ2n) is 5.13. The van der Waals surface area contributed by atoms with Crippen molar-refractivity contribution in [2.75, 3.05) is 24.5 Å². The zero-order valence-electron chi connectivity index (χ0n) is 11.7.